The Kier molecular flexibility index (Phi) is 2.94. The molecule has 1 heterocycles. The standard InChI is InChI=1S/C14H11NO4S/c1-20(16,17)19-11-7-8-12-13(9-11)18-14(15-12)10-5-3-2-4-6-10/h2-9H,1H3. The van der Waals surface area contributed by atoms with E-state index in [-0.39, 0.29) is 5.75 Å². The van der Waals surface area contributed by atoms with Crippen LogP contribution in [0.3, 0.4) is 0 Å². The molecule has 5 nitrogen and oxygen atoms in total. The first kappa shape index (κ1) is 12.7. The molecular formula is C14H11NO4S. The number of fused-ring (bicyclic) bond motifs is 1. The van der Waals surface area contributed by atoms with Gasteiger partial charge in [0.1, 0.15) is 11.3 Å². The van der Waals surface area contributed by atoms with Gasteiger partial charge in [0.25, 0.3) is 0 Å². The molecular weight excluding hydrogens is 278 g/mol. The van der Waals surface area contributed by atoms with Crippen LogP contribution in [0.4, 0.5) is 0 Å². The summed E-state index contributed by atoms with van der Waals surface area (Å²) >= 11 is 0. The largest absolute Gasteiger partial charge is 0.436 e. The van der Waals surface area contributed by atoms with E-state index in [0.717, 1.165) is 11.8 Å². The molecule has 3 rings (SSSR count). The normalized spacial score (nSPS) is 11.7. The van der Waals surface area contributed by atoms with Crippen molar-refractivity contribution in [2.24, 2.45) is 0 Å². The molecule has 0 aliphatic heterocycles. The first-order valence-corrected chi connectivity index (χ1v) is 7.68. The van der Waals surface area contributed by atoms with Crippen LogP contribution in [-0.4, -0.2) is 19.7 Å². The van der Waals surface area contributed by atoms with Crippen molar-refractivity contribution in [3.05, 3.63) is 48.5 Å². The van der Waals surface area contributed by atoms with Gasteiger partial charge in [-0.15, -0.1) is 0 Å². The van der Waals surface area contributed by atoms with Crippen LogP contribution >= 0.6 is 0 Å². The predicted molar refractivity (Wildman–Crippen MR) is 74.9 cm³/mol. The number of hydrogen-bond donors (Lipinski definition) is 0. The minimum absolute atomic E-state index is 0.204. The average Bonchev–Trinajstić information content (AvgIpc) is 2.81. The lowest BCUT2D eigenvalue weighted by Crippen LogP contribution is -2.05. The smallest absolute Gasteiger partial charge is 0.306 e. The lowest BCUT2D eigenvalue weighted by molar-refractivity contribution is 0.492. The van der Waals surface area contributed by atoms with Crippen LogP contribution in [-0.2, 0) is 10.1 Å². The second-order valence-corrected chi connectivity index (χ2v) is 5.88. The van der Waals surface area contributed by atoms with Crippen LogP contribution in [0.5, 0.6) is 5.75 Å². The number of oxazole rings is 1. The maximum Gasteiger partial charge on any atom is 0.306 e. The molecule has 0 atom stereocenters. The number of aromatic nitrogens is 1. The fourth-order valence-corrected chi connectivity index (χ4v) is 2.29. The highest BCUT2D eigenvalue weighted by atomic mass is 32.2. The van der Waals surface area contributed by atoms with Crippen molar-refractivity contribution in [1.82, 2.24) is 4.98 Å². The SMILES string of the molecule is CS(=O)(=O)Oc1ccc2nc(-c3ccccc3)oc2c1. The van der Waals surface area contributed by atoms with E-state index in [1.165, 1.54) is 6.07 Å². The summed E-state index contributed by atoms with van der Waals surface area (Å²) in [7, 11) is -3.55. The van der Waals surface area contributed by atoms with Gasteiger partial charge in [-0.1, -0.05) is 18.2 Å². The predicted octanol–water partition coefficient (Wildman–Crippen LogP) is 2.83. The van der Waals surface area contributed by atoms with E-state index >= 15 is 0 Å². The van der Waals surface area contributed by atoms with Gasteiger partial charge in [0.15, 0.2) is 5.58 Å². The third-order valence-corrected chi connectivity index (χ3v) is 3.12. The first-order chi connectivity index (χ1) is 9.51. The summed E-state index contributed by atoms with van der Waals surface area (Å²) < 4.78 is 32.6. The highest BCUT2D eigenvalue weighted by Gasteiger charge is 2.10. The van der Waals surface area contributed by atoms with E-state index < -0.39 is 10.1 Å². The van der Waals surface area contributed by atoms with Crippen molar-refractivity contribution in [3.63, 3.8) is 0 Å². The van der Waals surface area contributed by atoms with Gasteiger partial charge in [0.05, 0.1) is 6.26 Å². The van der Waals surface area contributed by atoms with Crippen molar-refractivity contribution in [2.75, 3.05) is 6.26 Å². The highest BCUT2D eigenvalue weighted by Crippen LogP contribution is 2.27. The molecule has 0 bridgehead atoms. The maximum absolute atomic E-state index is 11.1. The van der Waals surface area contributed by atoms with Gasteiger partial charge < -0.3 is 8.60 Å². The van der Waals surface area contributed by atoms with E-state index in [4.69, 9.17) is 8.60 Å². The zero-order valence-electron chi connectivity index (χ0n) is 10.6. The summed E-state index contributed by atoms with van der Waals surface area (Å²) in [6.07, 6.45) is 0.993. The molecule has 0 saturated carbocycles. The Hall–Kier alpha value is -2.34. The third kappa shape index (κ3) is 2.65. The molecule has 1 aromatic heterocycles. The van der Waals surface area contributed by atoms with Crippen molar-refractivity contribution >= 4 is 21.2 Å². The van der Waals surface area contributed by atoms with E-state index in [2.05, 4.69) is 4.98 Å². The summed E-state index contributed by atoms with van der Waals surface area (Å²) in [5, 5.41) is 0. The van der Waals surface area contributed by atoms with Crippen LogP contribution in [0.25, 0.3) is 22.6 Å². The molecule has 0 N–H and O–H groups in total. The monoisotopic (exact) mass is 289 g/mol. The number of nitrogens with zero attached hydrogens (tertiary/aromatic N) is 1. The van der Waals surface area contributed by atoms with Crippen molar-refractivity contribution in [3.8, 4) is 17.2 Å². The highest BCUT2D eigenvalue weighted by molar-refractivity contribution is 7.86. The Morgan fingerprint density at radius 1 is 1.10 bits per heavy atom. The Labute approximate surface area is 115 Å². The van der Waals surface area contributed by atoms with Crippen LogP contribution in [0.2, 0.25) is 0 Å². The zero-order valence-corrected chi connectivity index (χ0v) is 11.4. The molecule has 2 aromatic carbocycles. The van der Waals surface area contributed by atoms with E-state index in [9.17, 15) is 8.42 Å². The summed E-state index contributed by atoms with van der Waals surface area (Å²) in [5.74, 6) is 0.688. The van der Waals surface area contributed by atoms with Gasteiger partial charge in [-0.25, -0.2) is 4.98 Å². The first-order valence-electron chi connectivity index (χ1n) is 5.87. The molecule has 3 aromatic rings. The molecule has 6 heteroatoms. The third-order valence-electron chi connectivity index (χ3n) is 2.63. The van der Waals surface area contributed by atoms with E-state index in [1.54, 1.807) is 12.1 Å². The average molecular weight is 289 g/mol. The zero-order chi connectivity index (χ0) is 14.2. The molecule has 0 amide bonds. The van der Waals surface area contributed by atoms with Gasteiger partial charge in [0.2, 0.25) is 5.89 Å². The molecule has 0 aliphatic carbocycles. The van der Waals surface area contributed by atoms with Gasteiger partial charge in [-0.3, -0.25) is 0 Å². The molecule has 0 radical (unpaired) electrons. The minimum atomic E-state index is -3.55. The lowest BCUT2D eigenvalue weighted by atomic mass is 10.2. The van der Waals surface area contributed by atoms with Crippen molar-refractivity contribution < 1.29 is 17.0 Å². The van der Waals surface area contributed by atoms with Crippen LogP contribution in [0, 0.1) is 0 Å². The topological polar surface area (TPSA) is 69.4 Å². The van der Waals surface area contributed by atoms with Crippen molar-refractivity contribution in [2.45, 2.75) is 0 Å². The van der Waals surface area contributed by atoms with Crippen LogP contribution in [0.15, 0.2) is 52.9 Å². The van der Waals surface area contributed by atoms with Gasteiger partial charge >= 0.3 is 10.1 Å². The Bertz CT molecular complexity index is 853. The number of rotatable bonds is 3. The molecule has 0 unspecified atom stereocenters. The number of hydrogen-bond acceptors (Lipinski definition) is 5. The molecule has 0 fully saturated rings. The second kappa shape index (κ2) is 4.64. The van der Waals surface area contributed by atoms with Gasteiger partial charge in [0, 0.05) is 11.6 Å². The quantitative estimate of drug-likeness (QED) is 0.693. The van der Waals surface area contributed by atoms with Crippen LogP contribution in [0.1, 0.15) is 0 Å². The number of benzene rings is 2. The Morgan fingerprint density at radius 2 is 1.85 bits per heavy atom. The van der Waals surface area contributed by atoms with Crippen LogP contribution < -0.4 is 4.18 Å². The molecule has 0 saturated heterocycles. The van der Waals surface area contributed by atoms with E-state index in [1.807, 2.05) is 30.3 Å². The molecule has 20 heavy (non-hydrogen) atoms. The maximum atomic E-state index is 11.1. The summed E-state index contributed by atoms with van der Waals surface area (Å²) in [6.45, 7) is 0. The minimum Gasteiger partial charge on any atom is -0.436 e. The fraction of sp³-hybridized carbons (Fsp3) is 0.0714. The Balaban J connectivity index is 2.04. The summed E-state index contributed by atoms with van der Waals surface area (Å²) in [5.41, 5.74) is 1.98. The van der Waals surface area contributed by atoms with Gasteiger partial charge in [-0.2, -0.15) is 8.42 Å². The van der Waals surface area contributed by atoms with E-state index in [0.29, 0.717) is 17.0 Å². The fourth-order valence-electron chi connectivity index (χ4n) is 1.84. The Morgan fingerprint density at radius 3 is 2.55 bits per heavy atom. The second-order valence-electron chi connectivity index (χ2n) is 4.30. The van der Waals surface area contributed by atoms with Crippen molar-refractivity contribution in [1.29, 1.82) is 0 Å². The molecule has 0 spiro atoms. The van der Waals surface area contributed by atoms with Gasteiger partial charge in [-0.05, 0) is 24.3 Å². The molecule has 0 aliphatic rings. The lowest BCUT2D eigenvalue weighted by Gasteiger charge is -2.00. The summed E-state index contributed by atoms with van der Waals surface area (Å²) in [4.78, 5) is 4.35. The molecule has 102 valence electrons. The summed E-state index contributed by atoms with van der Waals surface area (Å²) in [6, 6.07) is 14.2.